The molecule has 0 amide bonds. The summed E-state index contributed by atoms with van der Waals surface area (Å²) in [6.45, 7) is 0. The molecule has 18 heavy (non-hydrogen) atoms. The Hall–Kier alpha value is -2.18. The van der Waals surface area contributed by atoms with Gasteiger partial charge in [0.2, 0.25) is 0 Å². The molecule has 0 unspecified atom stereocenters. The van der Waals surface area contributed by atoms with Crippen molar-refractivity contribution < 1.29 is 24.3 Å². The minimum atomic E-state index is -1.10. The van der Waals surface area contributed by atoms with Gasteiger partial charge in [0.25, 0.3) is 5.69 Å². The normalized spacial score (nSPS) is 16.3. The molecule has 1 aliphatic rings. The first-order valence-electron chi connectivity index (χ1n) is 5.25. The summed E-state index contributed by atoms with van der Waals surface area (Å²) in [7, 11) is 0. The summed E-state index contributed by atoms with van der Waals surface area (Å²) in [5.74, 6) is -2.88. The van der Waals surface area contributed by atoms with E-state index in [1.807, 2.05) is 0 Å². The third-order valence-corrected chi connectivity index (χ3v) is 3.17. The van der Waals surface area contributed by atoms with E-state index in [0.29, 0.717) is 18.9 Å². The Labute approximate surface area is 101 Å². The number of carboxylic acids is 1. The number of carboxylic acid groups (broad SMARTS) is 1. The van der Waals surface area contributed by atoms with Crippen molar-refractivity contribution in [2.75, 3.05) is 0 Å². The molecule has 1 aromatic carbocycles. The molecular weight excluding hydrogens is 245 g/mol. The fraction of sp³-hybridized carbons (Fsp3) is 0.364. The molecule has 1 saturated carbocycles. The second-order valence-corrected chi connectivity index (χ2v) is 4.43. The van der Waals surface area contributed by atoms with Crippen molar-refractivity contribution in [1.29, 1.82) is 0 Å². The monoisotopic (exact) mass is 255 g/mol. The van der Waals surface area contributed by atoms with Crippen LogP contribution in [0.1, 0.15) is 24.8 Å². The highest BCUT2D eigenvalue weighted by molar-refractivity contribution is 5.71. The first-order chi connectivity index (χ1) is 8.35. The predicted octanol–water partition coefficient (Wildman–Crippen LogP) is 1.95. The zero-order chi connectivity index (χ0) is 13.5. The summed E-state index contributed by atoms with van der Waals surface area (Å²) in [5, 5.41) is 29.0. The topological polar surface area (TPSA) is 101 Å². The lowest BCUT2D eigenvalue weighted by molar-refractivity contribution is -0.385. The maximum absolute atomic E-state index is 13.4. The van der Waals surface area contributed by atoms with E-state index in [9.17, 15) is 24.4 Å². The van der Waals surface area contributed by atoms with Gasteiger partial charge in [0, 0.05) is 17.0 Å². The summed E-state index contributed by atoms with van der Waals surface area (Å²) in [5.41, 5.74) is -1.35. The van der Waals surface area contributed by atoms with Crippen molar-refractivity contribution in [2.45, 2.75) is 24.7 Å². The molecule has 0 saturated heterocycles. The number of hydrogen-bond acceptors (Lipinski definition) is 4. The Morgan fingerprint density at radius 1 is 1.50 bits per heavy atom. The van der Waals surface area contributed by atoms with Crippen molar-refractivity contribution in [3.05, 3.63) is 33.6 Å². The molecule has 0 heterocycles. The molecule has 1 aliphatic carbocycles. The van der Waals surface area contributed by atoms with E-state index in [-0.39, 0.29) is 12.0 Å². The van der Waals surface area contributed by atoms with E-state index in [2.05, 4.69) is 0 Å². The van der Waals surface area contributed by atoms with Gasteiger partial charge in [-0.2, -0.15) is 0 Å². The number of rotatable bonds is 4. The van der Waals surface area contributed by atoms with Crippen LogP contribution in [-0.4, -0.2) is 21.1 Å². The van der Waals surface area contributed by atoms with E-state index in [1.165, 1.54) is 0 Å². The van der Waals surface area contributed by atoms with Crippen LogP contribution >= 0.6 is 0 Å². The van der Waals surface area contributed by atoms with Crippen LogP contribution in [0.5, 0.6) is 5.75 Å². The van der Waals surface area contributed by atoms with E-state index >= 15 is 0 Å². The number of phenols is 1. The van der Waals surface area contributed by atoms with Crippen LogP contribution in [0.3, 0.4) is 0 Å². The number of phenolic OH excluding ortho intramolecular Hbond substituents is 1. The summed E-state index contributed by atoms with van der Waals surface area (Å²) >= 11 is 0. The van der Waals surface area contributed by atoms with Gasteiger partial charge in [0.1, 0.15) is 0 Å². The minimum Gasteiger partial charge on any atom is -0.505 e. The van der Waals surface area contributed by atoms with Crippen molar-refractivity contribution >= 4 is 11.7 Å². The summed E-state index contributed by atoms with van der Waals surface area (Å²) < 4.78 is 13.4. The van der Waals surface area contributed by atoms with Crippen LogP contribution in [-0.2, 0) is 10.2 Å². The standard InChI is InChI=1S/C11H10FNO5/c12-8-4-6(13(17)18)3-7(10(8)16)11(1-2-11)5-9(14)15/h3-4,16H,1-2,5H2,(H,14,15). The molecule has 0 aliphatic heterocycles. The smallest absolute Gasteiger partial charge is 0.304 e. The van der Waals surface area contributed by atoms with E-state index in [0.717, 1.165) is 6.07 Å². The Morgan fingerprint density at radius 2 is 2.11 bits per heavy atom. The van der Waals surface area contributed by atoms with Gasteiger partial charge in [-0.1, -0.05) is 0 Å². The van der Waals surface area contributed by atoms with Gasteiger partial charge in [0.15, 0.2) is 11.6 Å². The van der Waals surface area contributed by atoms with Gasteiger partial charge < -0.3 is 10.2 Å². The maximum Gasteiger partial charge on any atom is 0.304 e. The van der Waals surface area contributed by atoms with Crippen LogP contribution in [0, 0.1) is 15.9 Å². The van der Waals surface area contributed by atoms with Gasteiger partial charge in [-0.3, -0.25) is 14.9 Å². The number of nitrogens with zero attached hydrogens (tertiary/aromatic N) is 1. The van der Waals surface area contributed by atoms with Crippen LogP contribution < -0.4 is 0 Å². The molecule has 0 aromatic heterocycles. The lowest BCUT2D eigenvalue weighted by Crippen LogP contribution is -2.14. The number of nitro benzene ring substituents is 1. The highest BCUT2D eigenvalue weighted by Crippen LogP contribution is 2.54. The molecule has 0 radical (unpaired) electrons. The van der Waals surface area contributed by atoms with Crippen molar-refractivity contribution in [2.24, 2.45) is 0 Å². The SMILES string of the molecule is O=C(O)CC1(c2cc([N+](=O)[O-])cc(F)c2O)CC1. The number of aliphatic carboxylic acids is 1. The summed E-state index contributed by atoms with van der Waals surface area (Å²) in [4.78, 5) is 20.6. The second-order valence-electron chi connectivity index (χ2n) is 4.43. The molecule has 7 heteroatoms. The molecule has 1 fully saturated rings. The average molecular weight is 255 g/mol. The fourth-order valence-electron chi connectivity index (χ4n) is 2.08. The molecule has 6 nitrogen and oxygen atoms in total. The van der Waals surface area contributed by atoms with Crippen LogP contribution in [0.25, 0.3) is 0 Å². The number of non-ortho nitro benzene ring substituents is 1. The Bertz CT molecular complexity index is 538. The van der Waals surface area contributed by atoms with E-state index in [1.54, 1.807) is 0 Å². The first kappa shape index (κ1) is 12.3. The van der Waals surface area contributed by atoms with Gasteiger partial charge in [-0.25, -0.2) is 4.39 Å². The maximum atomic E-state index is 13.4. The molecule has 2 N–H and O–H groups in total. The predicted molar refractivity (Wildman–Crippen MR) is 57.9 cm³/mol. The van der Waals surface area contributed by atoms with Gasteiger partial charge >= 0.3 is 5.97 Å². The van der Waals surface area contributed by atoms with Gasteiger partial charge in [0.05, 0.1) is 17.4 Å². The molecule has 0 bridgehead atoms. The molecule has 0 atom stereocenters. The summed E-state index contributed by atoms with van der Waals surface area (Å²) in [6.07, 6.45) is 0.655. The average Bonchev–Trinajstić information content (AvgIpc) is 3.01. The Morgan fingerprint density at radius 3 is 2.56 bits per heavy atom. The van der Waals surface area contributed by atoms with Crippen LogP contribution in [0.4, 0.5) is 10.1 Å². The molecular formula is C11H10FNO5. The van der Waals surface area contributed by atoms with Crippen molar-refractivity contribution in [1.82, 2.24) is 0 Å². The Kier molecular flexibility index (Phi) is 2.68. The third kappa shape index (κ3) is 1.99. The highest BCUT2D eigenvalue weighted by atomic mass is 19.1. The van der Waals surface area contributed by atoms with Crippen molar-refractivity contribution in [3.63, 3.8) is 0 Å². The zero-order valence-electron chi connectivity index (χ0n) is 9.22. The third-order valence-electron chi connectivity index (χ3n) is 3.17. The largest absolute Gasteiger partial charge is 0.505 e. The molecule has 0 spiro atoms. The molecule has 1 aromatic rings. The van der Waals surface area contributed by atoms with E-state index < -0.39 is 33.6 Å². The zero-order valence-corrected chi connectivity index (χ0v) is 9.22. The number of aromatic hydroxyl groups is 1. The van der Waals surface area contributed by atoms with Gasteiger partial charge in [-0.05, 0) is 12.8 Å². The molecule has 2 rings (SSSR count). The highest BCUT2D eigenvalue weighted by Gasteiger charge is 2.48. The quantitative estimate of drug-likeness (QED) is 0.632. The lowest BCUT2D eigenvalue weighted by Gasteiger charge is -2.14. The van der Waals surface area contributed by atoms with E-state index in [4.69, 9.17) is 5.11 Å². The minimum absolute atomic E-state index is 0.0107. The van der Waals surface area contributed by atoms with Crippen LogP contribution in [0.15, 0.2) is 12.1 Å². The fourth-order valence-corrected chi connectivity index (χ4v) is 2.08. The second kappa shape index (κ2) is 3.94. The Balaban J connectivity index is 2.50. The lowest BCUT2D eigenvalue weighted by atomic mass is 9.91. The van der Waals surface area contributed by atoms with Crippen LogP contribution in [0.2, 0.25) is 0 Å². The first-order valence-corrected chi connectivity index (χ1v) is 5.25. The number of benzene rings is 1. The molecule has 96 valence electrons. The number of halogens is 1. The number of nitro groups is 1. The van der Waals surface area contributed by atoms with Gasteiger partial charge in [-0.15, -0.1) is 0 Å². The number of hydrogen-bond donors (Lipinski definition) is 2. The van der Waals surface area contributed by atoms with Crippen molar-refractivity contribution in [3.8, 4) is 5.75 Å². The number of carbonyl (C=O) groups is 1. The summed E-state index contributed by atoms with van der Waals surface area (Å²) in [6, 6.07) is 1.67.